The van der Waals surface area contributed by atoms with Crippen molar-refractivity contribution in [1.29, 1.82) is 0 Å². The van der Waals surface area contributed by atoms with Gasteiger partial charge in [-0.15, -0.1) is 0 Å². The van der Waals surface area contributed by atoms with E-state index in [1.165, 1.54) is 12.8 Å². The summed E-state index contributed by atoms with van der Waals surface area (Å²) in [6, 6.07) is 5.62. The monoisotopic (exact) mass is 310 g/mol. The topological polar surface area (TPSA) is 55.1 Å². The van der Waals surface area contributed by atoms with Crippen molar-refractivity contribution < 1.29 is 4.79 Å². The molecule has 0 aliphatic heterocycles. The maximum absolute atomic E-state index is 12.1. The molecule has 3 N–H and O–H groups in total. The summed E-state index contributed by atoms with van der Waals surface area (Å²) in [4.78, 5) is 12.1. The fraction of sp³-hybridized carbons (Fsp3) is 0.500. The number of benzene rings is 1. The molecule has 0 saturated heterocycles. The number of amides is 1. The number of carbonyl (C=O) groups excluding carboxylic acids is 1. The number of nitrogens with two attached hydrogens (primary N) is 1. The highest BCUT2D eigenvalue weighted by Crippen LogP contribution is 2.24. The van der Waals surface area contributed by atoms with Gasteiger partial charge in [0.2, 0.25) is 0 Å². The second-order valence-electron chi connectivity index (χ2n) is 5.22. The van der Waals surface area contributed by atoms with Crippen molar-refractivity contribution in [1.82, 2.24) is 5.32 Å². The highest BCUT2D eigenvalue weighted by molar-refractivity contribution is 9.10. The van der Waals surface area contributed by atoms with Gasteiger partial charge in [0.1, 0.15) is 0 Å². The van der Waals surface area contributed by atoms with E-state index in [1.807, 2.05) is 0 Å². The first-order chi connectivity index (χ1) is 8.54. The third-order valence-corrected chi connectivity index (χ3v) is 3.91. The largest absolute Gasteiger partial charge is 0.399 e. The van der Waals surface area contributed by atoms with Crippen LogP contribution in [0.15, 0.2) is 22.7 Å². The minimum atomic E-state index is -0.0258. The molecule has 0 heterocycles. The Morgan fingerprint density at radius 1 is 1.39 bits per heavy atom. The van der Waals surface area contributed by atoms with Crippen LogP contribution in [-0.2, 0) is 0 Å². The zero-order valence-corrected chi connectivity index (χ0v) is 12.2. The molecule has 1 aromatic rings. The van der Waals surface area contributed by atoms with Crippen molar-refractivity contribution in [3.63, 3.8) is 0 Å². The summed E-state index contributed by atoms with van der Waals surface area (Å²) in [6.45, 7) is 2.25. The Labute approximate surface area is 116 Å². The van der Waals surface area contributed by atoms with Crippen LogP contribution in [0.4, 0.5) is 5.69 Å². The molecule has 2 rings (SSSR count). The molecule has 1 amide bonds. The Balaban J connectivity index is 2.02. The lowest BCUT2D eigenvalue weighted by atomic mass is 9.87. The molecule has 2 atom stereocenters. The van der Waals surface area contributed by atoms with Crippen LogP contribution >= 0.6 is 15.9 Å². The van der Waals surface area contributed by atoms with E-state index in [0.29, 0.717) is 23.2 Å². The number of hydrogen-bond donors (Lipinski definition) is 2. The Kier molecular flexibility index (Phi) is 4.27. The lowest BCUT2D eigenvalue weighted by molar-refractivity contribution is 0.0921. The van der Waals surface area contributed by atoms with Gasteiger partial charge in [-0.2, -0.15) is 0 Å². The Morgan fingerprint density at radius 3 is 2.83 bits per heavy atom. The van der Waals surface area contributed by atoms with E-state index in [4.69, 9.17) is 5.73 Å². The summed E-state index contributed by atoms with van der Waals surface area (Å²) < 4.78 is 0.838. The van der Waals surface area contributed by atoms with E-state index >= 15 is 0 Å². The molecule has 4 heteroatoms. The van der Waals surface area contributed by atoms with Gasteiger partial charge in [0.05, 0.1) is 0 Å². The third-order valence-electron chi connectivity index (χ3n) is 3.45. The van der Waals surface area contributed by atoms with Gasteiger partial charge in [-0.05, 0) is 37.0 Å². The van der Waals surface area contributed by atoms with Crippen molar-refractivity contribution in [3.8, 4) is 0 Å². The number of nitrogen functional groups attached to an aromatic ring is 1. The molecule has 1 aliphatic rings. The SMILES string of the molecule is CC1CCCC(NC(=O)c2cc(N)cc(Br)c2)C1. The van der Waals surface area contributed by atoms with Gasteiger partial charge in [0, 0.05) is 21.8 Å². The Hall–Kier alpha value is -1.03. The van der Waals surface area contributed by atoms with Crippen LogP contribution in [0.3, 0.4) is 0 Å². The van der Waals surface area contributed by atoms with Crippen LogP contribution in [0.5, 0.6) is 0 Å². The Bertz CT molecular complexity index is 427. The lowest BCUT2D eigenvalue weighted by Gasteiger charge is -2.27. The second-order valence-corrected chi connectivity index (χ2v) is 6.13. The number of hydrogen-bond acceptors (Lipinski definition) is 2. The van der Waals surface area contributed by atoms with Gasteiger partial charge >= 0.3 is 0 Å². The molecular weight excluding hydrogens is 292 g/mol. The zero-order valence-electron chi connectivity index (χ0n) is 10.6. The molecule has 0 aromatic heterocycles. The Morgan fingerprint density at radius 2 is 2.17 bits per heavy atom. The quantitative estimate of drug-likeness (QED) is 0.823. The first kappa shape index (κ1) is 13.4. The van der Waals surface area contributed by atoms with E-state index in [-0.39, 0.29) is 5.91 Å². The minimum Gasteiger partial charge on any atom is -0.399 e. The van der Waals surface area contributed by atoms with Crippen molar-refractivity contribution >= 4 is 27.5 Å². The van der Waals surface area contributed by atoms with Crippen LogP contribution in [0.25, 0.3) is 0 Å². The molecule has 0 spiro atoms. The standard InChI is InChI=1S/C14H19BrN2O/c1-9-3-2-4-13(5-9)17-14(18)10-6-11(15)8-12(16)7-10/h6-9,13H,2-5,16H2,1H3,(H,17,18). The molecule has 0 bridgehead atoms. The van der Waals surface area contributed by atoms with Crippen LogP contribution < -0.4 is 11.1 Å². The smallest absolute Gasteiger partial charge is 0.251 e. The highest BCUT2D eigenvalue weighted by atomic mass is 79.9. The van der Waals surface area contributed by atoms with Gasteiger partial charge in [0.25, 0.3) is 5.91 Å². The summed E-state index contributed by atoms with van der Waals surface area (Å²) in [5.41, 5.74) is 6.97. The number of anilines is 1. The van der Waals surface area contributed by atoms with Gasteiger partial charge in [-0.1, -0.05) is 35.7 Å². The van der Waals surface area contributed by atoms with Crippen molar-refractivity contribution in [2.24, 2.45) is 5.92 Å². The lowest BCUT2D eigenvalue weighted by Crippen LogP contribution is -2.38. The number of nitrogens with one attached hydrogen (secondary N) is 1. The van der Waals surface area contributed by atoms with E-state index in [1.54, 1.807) is 18.2 Å². The van der Waals surface area contributed by atoms with E-state index < -0.39 is 0 Å². The molecule has 98 valence electrons. The predicted molar refractivity (Wildman–Crippen MR) is 77.4 cm³/mol. The van der Waals surface area contributed by atoms with Gasteiger partial charge in [0.15, 0.2) is 0 Å². The second kappa shape index (κ2) is 5.74. The summed E-state index contributed by atoms with van der Waals surface area (Å²) in [5.74, 6) is 0.679. The van der Waals surface area contributed by atoms with E-state index in [0.717, 1.165) is 17.3 Å². The van der Waals surface area contributed by atoms with E-state index in [2.05, 4.69) is 28.2 Å². The third kappa shape index (κ3) is 3.48. The molecule has 18 heavy (non-hydrogen) atoms. The van der Waals surface area contributed by atoms with Crippen molar-refractivity contribution in [3.05, 3.63) is 28.2 Å². The fourth-order valence-corrected chi connectivity index (χ4v) is 3.09. The van der Waals surface area contributed by atoms with Crippen molar-refractivity contribution in [2.75, 3.05) is 5.73 Å². The average molecular weight is 311 g/mol. The molecule has 3 nitrogen and oxygen atoms in total. The molecule has 1 fully saturated rings. The van der Waals surface area contributed by atoms with Gasteiger partial charge < -0.3 is 11.1 Å². The predicted octanol–water partition coefficient (Wildman–Crippen LogP) is 3.34. The number of rotatable bonds is 2. The van der Waals surface area contributed by atoms with Crippen LogP contribution in [-0.4, -0.2) is 11.9 Å². The molecule has 2 unspecified atom stereocenters. The number of halogens is 1. The normalized spacial score (nSPS) is 23.7. The first-order valence-corrected chi connectivity index (χ1v) is 7.21. The molecule has 0 radical (unpaired) electrons. The summed E-state index contributed by atoms with van der Waals surface area (Å²) in [6.07, 6.45) is 4.64. The summed E-state index contributed by atoms with van der Waals surface area (Å²) >= 11 is 3.36. The molecule has 1 saturated carbocycles. The molecular formula is C14H19BrN2O. The maximum Gasteiger partial charge on any atom is 0.251 e. The maximum atomic E-state index is 12.1. The number of carbonyl (C=O) groups is 1. The highest BCUT2D eigenvalue weighted by Gasteiger charge is 2.21. The fourth-order valence-electron chi connectivity index (χ4n) is 2.58. The first-order valence-electron chi connectivity index (χ1n) is 6.41. The molecule has 1 aromatic carbocycles. The molecule has 1 aliphatic carbocycles. The minimum absolute atomic E-state index is 0.0258. The van der Waals surface area contributed by atoms with Crippen molar-refractivity contribution in [2.45, 2.75) is 38.6 Å². The van der Waals surface area contributed by atoms with E-state index in [9.17, 15) is 4.79 Å². The summed E-state index contributed by atoms with van der Waals surface area (Å²) in [7, 11) is 0. The average Bonchev–Trinajstić information content (AvgIpc) is 2.27. The van der Waals surface area contributed by atoms with Crippen LogP contribution in [0, 0.1) is 5.92 Å². The summed E-state index contributed by atoms with van der Waals surface area (Å²) in [5, 5.41) is 3.10. The van der Waals surface area contributed by atoms with Crippen LogP contribution in [0.2, 0.25) is 0 Å². The van der Waals surface area contributed by atoms with Gasteiger partial charge in [-0.25, -0.2) is 0 Å². The van der Waals surface area contributed by atoms with Crippen LogP contribution in [0.1, 0.15) is 43.0 Å². The zero-order chi connectivity index (χ0) is 13.1. The van der Waals surface area contributed by atoms with Gasteiger partial charge in [-0.3, -0.25) is 4.79 Å².